The van der Waals surface area contributed by atoms with Crippen molar-refractivity contribution in [1.82, 2.24) is 19.5 Å². The lowest BCUT2D eigenvalue weighted by Gasteiger charge is -2.36. The molecule has 5 heteroatoms. The van der Waals surface area contributed by atoms with Crippen LogP contribution in [0.2, 0.25) is 0 Å². The molecule has 158 valence electrons. The Kier molecular flexibility index (Phi) is 5.20. The number of anilines is 1. The molecule has 0 amide bonds. The van der Waals surface area contributed by atoms with E-state index in [2.05, 4.69) is 91.2 Å². The first-order valence-corrected chi connectivity index (χ1v) is 11.0. The van der Waals surface area contributed by atoms with Crippen molar-refractivity contribution in [3.05, 3.63) is 83.0 Å². The molecule has 0 bridgehead atoms. The van der Waals surface area contributed by atoms with E-state index >= 15 is 0 Å². The first-order valence-electron chi connectivity index (χ1n) is 11.0. The molecule has 0 saturated carbocycles. The third-order valence-corrected chi connectivity index (χ3v) is 6.17. The summed E-state index contributed by atoms with van der Waals surface area (Å²) in [5.41, 5.74) is 7.92. The lowest BCUT2D eigenvalue weighted by atomic mass is 10.1. The van der Waals surface area contributed by atoms with E-state index in [0.717, 1.165) is 66.7 Å². The third-order valence-electron chi connectivity index (χ3n) is 6.17. The highest BCUT2D eigenvalue weighted by atomic mass is 15.4. The van der Waals surface area contributed by atoms with Gasteiger partial charge in [-0.05, 0) is 32.4 Å². The van der Waals surface area contributed by atoms with Crippen LogP contribution in [-0.2, 0) is 6.54 Å². The molecule has 0 spiro atoms. The van der Waals surface area contributed by atoms with Crippen LogP contribution in [0.4, 0.5) is 5.82 Å². The topological polar surface area (TPSA) is 36.7 Å². The van der Waals surface area contributed by atoms with Crippen molar-refractivity contribution in [2.45, 2.75) is 27.3 Å². The second kappa shape index (κ2) is 8.16. The Balaban J connectivity index is 1.43. The van der Waals surface area contributed by atoms with Crippen LogP contribution in [-0.4, -0.2) is 45.7 Å². The van der Waals surface area contributed by atoms with Gasteiger partial charge < -0.3 is 4.90 Å². The maximum absolute atomic E-state index is 5.03. The fraction of sp³-hybridized carbons (Fsp3) is 0.308. The van der Waals surface area contributed by atoms with Gasteiger partial charge in [-0.25, -0.2) is 4.98 Å². The van der Waals surface area contributed by atoms with Gasteiger partial charge in [0, 0.05) is 55.6 Å². The van der Waals surface area contributed by atoms with Gasteiger partial charge in [0.15, 0.2) is 5.65 Å². The predicted octanol–water partition coefficient (Wildman–Crippen LogP) is 4.64. The Labute approximate surface area is 184 Å². The van der Waals surface area contributed by atoms with Crippen molar-refractivity contribution in [1.29, 1.82) is 0 Å². The quantitative estimate of drug-likeness (QED) is 0.490. The lowest BCUT2D eigenvalue weighted by molar-refractivity contribution is 0.249. The average molecular weight is 412 g/mol. The second-order valence-electron chi connectivity index (χ2n) is 8.58. The average Bonchev–Trinajstić information content (AvgIpc) is 3.11. The lowest BCUT2D eigenvalue weighted by Crippen LogP contribution is -2.46. The molecule has 1 saturated heterocycles. The Bertz CT molecular complexity index is 1200. The number of fused-ring (bicyclic) bond motifs is 1. The van der Waals surface area contributed by atoms with Gasteiger partial charge in [0.1, 0.15) is 5.82 Å². The Morgan fingerprint density at radius 1 is 0.839 bits per heavy atom. The standard InChI is InChI=1S/C26H29N5/c1-19-8-7-11-23(16-19)25-21(3)26-27-20(2)17-24(31(26)28-25)30-14-12-29(13-15-30)18-22-9-5-4-6-10-22/h4-11,16-17H,12-15,18H2,1-3H3. The largest absolute Gasteiger partial charge is 0.354 e. The van der Waals surface area contributed by atoms with Crippen LogP contribution < -0.4 is 4.90 Å². The van der Waals surface area contributed by atoms with E-state index in [9.17, 15) is 0 Å². The van der Waals surface area contributed by atoms with Crippen molar-refractivity contribution in [3.63, 3.8) is 0 Å². The third kappa shape index (κ3) is 3.93. The zero-order valence-electron chi connectivity index (χ0n) is 18.5. The van der Waals surface area contributed by atoms with E-state index in [1.54, 1.807) is 0 Å². The first kappa shape index (κ1) is 19.8. The van der Waals surface area contributed by atoms with Gasteiger partial charge in [-0.3, -0.25) is 4.90 Å². The van der Waals surface area contributed by atoms with E-state index in [0.29, 0.717) is 0 Å². The highest BCUT2D eigenvalue weighted by Gasteiger charge is 2.22. The van der Waals surface area contributed by atoms with Crippen LogP contribution in [0.1, 0.15) is 22.4 Å². The highest BCUT2D eigenvalue weighted by Crippen LogP contribution is 2.29. The van der Waals surface area contributed by atoms with Gasteiger partial charge in [-0.1, -0.05) is 54.1 Å². The molecule has 0 radical (unpaired) electrons. The van der Waals surface area contributed by atoms with Crippen LogP contribution in [0.25, 0.3) is 16.9 Å². The minimum atomic E-state index is 0.957. The summed E-state index contributed by atoms with van der Waals surface area (Å²) in [5.74, 6) is 1.14. The smallest absolute Gasteiger partial charge is 0.161 e. The van der Waals surface area contributed by atoms with E-state index in [4.69, 9.17) is 10.1 Å². The molecule has 0 aliphatic carbocycles. The van der Waals surface area contributed by atoms with Crippen LogP contribution in [0, 0.1) is 20.8 Å². The van der Waals surface area contributed by atoms with Crippen LogP contribution in [0.3, 0.4) is 0 Å². The SMILES string of the molecule is Cc1cccc(-c2nn3c(N4CCN(Cc5ccccc5)CC4)cc(C)nc3c2C)c1. The fourth-order valence-electron chi connectivity index (χ4n) is 4.49. The zero-order valence-corrected chi connectivity index (χ0v) is 18.5. The first-order chi connectivity index (χ1) is 15.1. The van der Waals surface area contributed by atoms with Crippen molar-refractivity contribution in [2.24, 2.45) is 0 Å². The second-order valence-corrected chi connectivity index (χ2v) is 8.58. The summed E-state index contributed by atoms with van der Waals surface area (Å²) < 4.78 is 2.05. The Hall–Kier alpha value is -3.18. The van der Waals surface area contributed by atoms with Gasteiger partial charge in [-0.2, -0.15) is 9.61 Å². The molecular weight excluding hydrogens is 382 g/mol. The van der Waals surface area contributed by atoms with Crippen molar-refractivity contribution < 1.29 is 0 Å². The summed E-state index contributed by atoms with van der Waals surface area (Å²) in [7, 11) is 0. The zero-order chi connectivity index (χ0) is 21.4. The summed E-state index contributed by atoms with van der Waals surface area (Å²) in [4.78, 5) is 9.82. The predicted molar refractivity (Wildman–Crippen MR) is 127 cm³/mol. The maximum atomic E-state index is 5.03. The molecule has 31 heavy (non-hydrogen) atoms. The number of piperazine rings is 1. The number of hydrogen-bond acceptors (Lipinski definition) is 4. The molecule has 1 fully saturated rings. The number of benzene rings is 2. The minimum Gasteiger partial charge on any atom is -0.354 e. The molecule has 5 rings (SSSR count). The van der Waals surface area contributed by atoms with Crippen molar-refractivity contribution in [2.75, 3.05) is 31.1 Å². The molecular formula is C26H29N5. The van der Waals surface area contributed by atoms with Crippen LogP contribution in [0.15, 0.2) is 60.7 Å². The maximum Gasteiger partial charge on any atom is 0.161 e. The molecule has 1 aliphatic heterocycles. The summed E-state index contributed by atoms with van der Waals surface area (Å²) in [6, 6.07) is 21.5. The van der Waals surface area contributed by atoms with Gasteiger partial charge in [0.05, 0.1) is 5.69 Å². The number of aromatic nitrogens is 3. The molecule has 5 nitrogen and oxygen atoms in total. The van der Waals surface area contributed by atoms with Gasteiger partial charge in [-0.15, -0.1) is 0 Å². The number of rotatable bonds is 4. The van der Waals surface area contributed by atoms with Gasteiger partial charge in [0.25, 0.3) is 0 Å². The van der Waals surface area contributed by atoms with Crippen LogP contribution >= 0.6 is 0 Å². The minimum absolute atomic E-state index is 0.957. The van der Waals surface area contributed by atoms with E-state index < -0.39 is 0 Å². The van der Waals surface area contributed by atoms with E-state index in [1.165, 1.54) is 11.1 Å². The molecule has 2 aromatic heterocycles. The normalized spacial score (nSPS) is 15.0. The summed E-state index contributed by atoms with van der Waals surface area (Å²) >= 11 is 0. The van der Waals surface area contributed by atoms with Gasteiger partial charge in [0.2, 0.25) is 0 Å². The number of aryl methyl sites for hydroxylation is 3. The summed E-state index contributed by atoms with van der Waals surface area (Å²) in [5, 5.41) is 5.03. The number of hydrogen-bond donors (Lipinski definition) is 0. The fourth-order valence-corrected chi connectivity index (χ4v) is 4.49. The van der Waals surface area contributed by atoms with Crippen molar-refractivity contribution in [3.8, 4) is 11.3 Å². The Morgan fingerprint density at radius 3 is 2.35 bits per heavy atom. The van der Waals surface area contributed by atoms with Crippen molar-refractivity contribution >= 4 is 11.5 Å². The summed E-state index contributed by atoms with van der Waals surface area (Å²) in [6.45, 7) is 11.4. The van der Waals surface area contributed by atoms with Gasteiger partial charge >= 0.3 is 0 Å². The molecule has 0 atom stereocenters. The Morgan fingerprint density at radius 2 is 1.61 bits per heavy atom. The molecule has 0 unspecified atom stereocenters. The highest BCUT2D eigenvalue weighted by molar-refractivity contribution is 5.72. The van der Waals surface area contributed by atoms with E-state index in [-0.39, 0.29) is 0 Å². The molecule has 2 aromatic carbocycles. The number of nitrogens with zero attached hydrogens (tertiary/aromatic N) is 5. The molecule has 1 aliphatic rings. The molecule has 4 aromatic rings. The summed E-state index contributed by atoms with van der Waals surface area (Å²) in [6.07, 6.45) is 0. The monoisotopic (exact) mass is 411 g/mol. The van der Waals surface area contributed by atoms with Crippen LogP contribution in [0.5, 0.6) is 0 Å². The van der Waals surface area contributed by atoms with E-state index in [1.807, 2.05) is 4.52 Å². The molecule has 0 N–H and O–H groups in total. The molecule has 3 heterocycles.